The minimum absolute atomic E-state index is 0.00822. The first-order valence-electron chi connectivity index (χ1n) is 12.7. The van der Waals surface area contributed by atoms with Crippen LogP contribution in [0.5, 0.6) is 5.75 Å². The zero-order chi connectivity index (χ0) is 24.2. The van der Waals surface area contributed by atoms with Gasteiger partial charge in [0.1, 0.15) is 11.6 Å². The largest absolute Gasteiger partial charge is 0.494 e. The molecule has 6 atom stereocenters. The van der Waals surface area contributed by atoms with Crippen LogP contribution in [0.2, 0.25) is 0 Å². The van der Waals surface area contributed by atoms with Gasteiger partial charge in [0.15, 0.2) is 0 Å². The van der Waals surface area contributed by atoms with Crippen LogP contribution in [0.15, 0.2) is 24.3 Å². The number of hydrogen-bond acceptors (Lipinski definition) is 6. The number of benzene rings is 1. The highest BCUT2D eigenvalue weighted by Crippen LogP contribution is 2.44. The van der Waals surface area contributed by atoms with Gasteiger partial charge in [-0.1, -0.05) is 6.92 Å². The van der Waals surface area contributed by atoms with Crippen molar-refractivity contribution < 1.29 is 19.0 Å². The van der Waals surface area contributed by atoms with Gasteiger partial charge in [0.25, 0.3) is 0 Å². The molecule has 2 aliphatic rings. The van der Waals surface area contributed by atoms with Crippen LogP contribution in [0.1, 0.15) is 45.6 Å². The number of methoxy groups -OCH3 is 2. The Labute approximate surface area is 202 Å². The molecule has 34 heavy (non-hydrogen) atoms. The Morgan fingerprint density at radius 1 is 1.06 bits per heavy atom. The highest BCUT2D eigenvalue weighted by molar-refractivity contribution is 5.84. The number of rotatable bonds is 9. The number of fused-ring (bicyclic) bond motifs is 2. The number of nitrogens with zero attached hydrogens (tertiary/aromatic N) is 1. The van der Waals surface area contributed by atoms with E-state index in [1.54, 1.807) is 14.2 Å². The predicted molar refractivity (Wildman–Crippen MR) is 134 cm³/mol. The normalized spacial score (nSPS) is 28.9. The van der Waals surface area contributed by atoms with Crippen molar-refractivity contribution in [3.05, 3.63) is 29.8 Å². The Morgan fingerprint density at radius 3 is 2.44 bits per heavy atom. The Kier molecular flexibility index (Phi) is 7.94. The van der Waals surface area contributed by atoms with E-state index in [9.17, 15) is 4.79 Å². The number of nitrogens with one attached hydrogen (secondary N) is 2. The molecule has 1 amide bonds. The SMILES string of the molecule is CCNc1nc2ccc(OCC)cc2cc1CC1C(=O)NC(CC)C2CC(OC)C(OC)CC12. The molecular weight excluding hydrogens is 430 g/mol. The number of ether oxygens (including phenoxy) is 3. The molecule has 186 valence electrons. The molecule has 1 aromatic heterocycles. The molecule has 4 rings (SSSR count). The highest BCUT2D eigenvalue weighted by atomic mass is 16.5. The molecule has 0 spiro atoms. The maximum Gasteiger partial charge on any atom is 0.223 e. The van der Waals surface area contributed by atoms with Gasteiger partial charge in [-0.3, -0.25) is 4.79 Å². The Balaban J connectivity index is 1.69. The molecule has 1 saturated carbocycles. The maximum atomic E-state index is 13.4. The lowest BCUT2D eigenvalue weighted by Gasteiger charge is -2.49. The van der Waals surface area contributed by atoms with Crippen molar-refractivity contribution in [2.45, 2.75) is 64.7 Å². The summed E-state index contributed by atoms with van der Waals surface area (Å²) in [5.41, 5.74) is 1.99. The van der Waals surface area contributed by atoms with E-state index in [-0.39, 0.29) is 36.0 Å². The van der Waals surface area contributed by atoms with E-state index in [0.717, 1.165) is 53.8 Å². The number of anilines is 1. The molecule has 6 unspecified atom stereocenters. The van der Waals surface area contributed by atoms with Gasteiger partial charge in [0.2, 0.25) is 5.91 Å². The second kappa shape index (κ2) is 10.9. The van der Waals surface area contributed by atoms with Crippen molar-refractivity contribution in [3.63, 3.8) is 0 Å². The van der Waals surface area contributed by atoms with Crippen LogP contribution in [0.3, 0.4) is 0 Å². The Bertz CT molecular complexity index is 997. The first kappa shape index (κ1) is 24.7. The fraction of sp³-hybridized carbons (Fsp3) is 0.630. The quantitative estimate of drug-likeness (QED) is 0.573. The lowest BCUT2D eigenvalue weighted by atomic mass is 9.63. The summed E-state index contributed by atoms with van der Waals surface area (Å²) in [7, 11) is 3.51. The van der Waals surface area contributed by atoms with E-state index < -0.39 is 0 Å². The molecular formula is C27H39N3O4. The van der Waals surface area contributed by atoms with E-state index in [4.69, 9.17) is 19.2 Å². The molecule has 2 N–H and O–H groups in total. The van der Waals surface area contributed by atoms with Gasteiger partial charge in [0, 0.05) is 38.1 Å². The van der Waals surface area contributed by atoms with Gasteiger partial charge < -0.3 is 24.8 Å². The molecule has 0 bridgehead atoms. The highest BCUT2D eigenvalue weighted by Gasteiger charge is 2.49. The van der Waals surface area contributed by atoms with Crippen LogP contribution in [0.25, 0.3) is 10.9 Å². The lowest BCUT2D eigenvalue weighted by molar-refractivity contribution is -0.144. The van der Waals surface area contributed by atoms with E-state index >= 15 is 0 Å². The van der Waals surface area contributed by atoms with Gasteiger partial charge in [-0.25, -0.2) is 4.98 Å². The second-order valence-corrected chi connectivity index (χ2v) is 9.50. The van der Waals surface area contributed by atoms with Crippen LogP contribution in [0.4, 0.5) is 5.82 Å². The van der Waals surface area contributed by atoms with Gasteiger partial charge in [-0.05, 0) is 81.2 Å². The third-order valence-corrected chi connectivity index (χ3v) is 7.68. The number of amides is 1. The fourth-order valence-corrected chi connectivity index (χ4v) is 6.02. The number of piperidine rings is 1. The first-order valence-corrected chi connectivity index (χ1v) is 12.7. The average molecular weight is 470 g/mol. The van der Waals surface area contributed by atoms with Crippen LogP contribution in [-0.2, 0) is 20.7 Å². The minimum atomic E-state index is -0.130. The molecule has 2 heterocycles. The molecule has 2 fully saturated rings. The smallest absolute Gasteiger partial charge is 0.223 e. The molecule has 1 saturated heterocycles. The van der Waals surface area contributed by atoms with Crippen molar-refractivity contribution in [2.24, 2.45) is 17.8 Å². The molecule has 7 nitrogen and oxygen atoms in total. The number of hydrogen-bond donors (Lipinski definition) is 2. The van der Waals surface area contributed by atoms with Crippen LogP contribution < -0.4 is 15.4 Å². The third kappa shape index (κ3) is 4.86. The number of carbonyl (C=O) groups is 1. The van der Waals surface area contributed by atoms with Crippen LogP contribution in [-0.4, -0.2) is 56.5 Å². The molecule has 1 aliphatic carbocycles. The van der Waals surface area contributed by atoms with Gasteiger partial charge in [-0.2, -0.15) is 0 Å². The first-order chi connectivity index (χ1) is 16.5. The van der Waals surface area contributed by atoms with Crippen LogP contribution in [0, 0.1) is 17.8 Å². The monoisotopic (exact) mass is 469 g/mol. The molecule has 1 aromatic carbocycles. The second-order valence-electron chi connectivity index (χ2n) is 9.50. The summed E-state index contributed by atoms with van der Waals surface area (Å²) in [6.07, 6.45) is 3.38. The van der Waals surface area contributed by atoms with Gasteiger partial charge >= 0.3 is 0 Å². The lowest BCUT2D eigenvalue weighted by Crippen LogP contribution is -2.59. The molecule has 1 aliphatic heterocycles. The predicted octanol–water partition coefficient (Wildman–Crippen LogP) is 4.19. The molecule has 7 heteroatoms. The van der Waals surface area contributed by atoms with E-state index in [1.807, 2.05) is 25.1 Å². The van der Waals surface area contributed by atoms with Crippen LogP contribution >= 0.6 is 0 Å². The summed E-state index contributed by atoms with van der Waals surface area (Å²) in [4.78, 5) is 18.3. The summed E-state index contributed by atoms with van der Waals surface area (Å²) in [5, 5.41) is 7.78. The van der Waals surface area contributed by atoms with Crippen molar-refractivity contribution in [1.29, 1.82) is 0 Å². The standard InChI is InChI=1S/C27H39N3O4/c1-6-22-20-15-25(33-5)24(32-4)14-19(20)21(27(31)30-22)13-17-11-16-12-18(34-8-3)9-10-23(16)29-26(17)28-7-2/h9-12,19-22,24-25H,6-8,13-15H2,1-5H3,(H,28,29)(H,30,31). The average Bonchev–Trinajstić information content (AvgIpc) is 2.85. The zero-order valence-corrected chi connectivity index (χ0v) is 21.1. The van der Waals surface area contributed by atoms with E-state index in [0.29, 0.717) is 18.9 Å². The molecule has 0 radical (unpaired) electrons. The van der Waals surface area contributed by atoms with Crippen molar-refractivity contribution in [3.8, 4) is 5.75 Å². The maximum absolute atomic E-state index is 13.4. The summed E-state index contributed by atoms with van der Waals surface area (Å²) >= 11 is 0. The number of aromatic nitrogens is 1. The topological polar surface area (TPSA) is 81.7 Å². The summed E-state index contributed by atoms with van der Waals surface area (Å²) in [6.45, 7) is 7.59. The number of pyridine rings is 1. The Hall–Kier alpha value is -2.38. The third-order valence-electron chi connectivity index (χ3n) is 7.68. The van der Waals surface area contributed by atoms with Crippen molar-refractivity contribution >= 4 is 22.6 Å². The number of carbonyl (C=O) groups excluding carboxylic acids is 1. The summed E-state index contributed by atoms with van der Waals surface area (Å²) in [6, 6.07) is 8.34. The van der Waals surface area contributed by atoms with Crippen molar-refractivity contribution in [2.75, 3.05) is 32.7 Å². The van der Waals surface area contributed by atoms with Crippen molar-refractivity contribution in [1.82, 2.24) is 10.3 Å². The molecule has 2 aromatic rings. The van der Waals surface area contributed by atoms with Gasteiger partial charge in [-0.15, -0.1) is 0 Å². The fourth-order valence-electron chi connectivity index (χ4n) is 6.02. The zero-order valence-electron chi connectivity index (χ0n) is 21.1. The minimum Gasteiger partial charge on any atom is -0.494 e. The van der Waals surface area contributed by atoms with E-state index in [1.165, 1.54) is 0 Å². The Morgan fingerprint density at radius 2 is 1.79 bits per heavy atom. The van der Waals surface area contributed by atoms with Gasteiger partial charge in [0.05, 0.1) is 24.3 Å². The van der Waals surface area contributed by atoms with E-state index in [2.05, 4.69) is 30.5 Å². The summed E-state index contributed by atoms with van der Waals surface area (Å²) in [5.74, 6) is 2.33. The summed E-state index contributed by atoms with van der Waals surface area (Å²) < 4.78 is 17.3.